The Balaban J connectivity index is 1.18. The van der Waals surface area contributed by atoms with E-state index in [-0.39, 0.29) is 11.6 Å². The third-order valence-corrected chi connectivity index (χ3v) is 7.10. The number of carbonyl (C=O) groups excluding carboxylic acids is 2. The Labute approximate surface area is 214 Å². The molecule has 1 aliphatic rings. The molecule has 0 atom stereocenters. The average Bonchev–Trinajstić information content (AvgIpc) is 3.49. The summed E-state index contributed by atoms with van der Waals surface area (Å²) < 4.78 is 28.3. The molecule has 1 saturated heterocycles. The molecule has 3 heterocycles. The van der Waals surface area contributed by atoms with Crippen molar-refractivity contribution in [1.29, 1.82) is 0 Å². The van der Waals surface area contributed by atoms with Gasteiger partial charge in [-0.1, -0.05) is 12.1 Å². The maximum absolute atomic E-state index is 13.1. The van der Waals surface area contributed by atoms with Crippen molar-refractivity contribution in [2.75, 3.05) is 18.4 Å². The molecule has 0 spiro atoms. The number of carbonyl (C=O) groups is 2. The van der Waals surface area contributed by atoms with E-state index in [1.807, 2.05) is 42.3 Å². The first-order chi connectivity index (χ1) is 17.3. The van der Waals surface area contributed by atoms with E-state index in [1.165, 1.54) is 6.07 Å². The summed E-state index contributed by atoms with van der Waals surface area (Å²) in [5, 5.41) is 11.6. The molecule has 0 aliphatic carbocycles. The van der Waals surface area contributed by atoms with E-state index in [9.17, 15) is 18.4 Å². The van der Waals surface area contributed by atoms with Gasteiger partial charge in [-0.3, -0.25) is 14.3 Å². The van der Waals surface area contributed by atoms with Crippen molar-refractivity contribution < 1.29 is 18.4 Å². The van der Waals surface area contributed by atoms with Crippen molar-refractivity contribution in [2.24, 2.45) is 7.05 Å². The van der Waals surface area contributed by atoms with E-state index in [4.69, 9.17) is 0 Å². The van der Waals surface area contributed by atoms with Gasteiger partial charge in [-0.2, -0.15) is 19.0 Å². The van der Waals surface area contributed by atoms with Gasteiger partial charge in [-0.25, -0.2) is 4.68 Å². The molecular formula is C25H23BrF2N6O2. The lowest BCUT2D eigenvalue weighted by Gasteiger charge is -2.32. The molecule has 2 aromatic heterocycles. The van der Waals surface area contributed by atoms with Gasteiger partial charge >= 0.3 is 6.55 Å². The molecule has 0 radical (unpaired) electrons. The van der Waals surface area contributed by atoms with Gasteiger partial charge in [0.05, 0.1) is 5.52 Å². The second-order valence-electron chi connectivity index (χ2n) is 8.75. The summed E-state index contributed by atoms with van der Waals surface area (Å²) in [6.07, 6.45) is 2.74. The molecule has 2 amide bonds. The van der Waals surface area contributed by atoms with E-state index in [1.54, 1.807) is 16.8 Å². The number of hydrogen-bond acceptors (Lipinski definition) is 4. The molecule has 1 fully saturated rings. The van der Waals surface area contributed by atoms with Crippen molar-refractivity contribution in [1.82, 2.24) is 24.5 Å². The van der Waals surface area contributed by atoms with E-state index >= 15 is 0 Å². The Bertz CT molecular complexity index is 1420. The van der Waals surface area contributed by atoms with Gasteiger partial charge in [0.15, 0.2) is 5.69 Å². The molecule has 1 aliphatic heterocycles. The highest BCUT2D eigenvalue weighted by molar-refractivity contribution is 9.10. The average molecular weight is 557 g/mol. The first-order valence-electron chi connectivity index (χ1n) is 11.5. The first-order valence-corrected chi connectivity index (χ1v) is 12.3. The van der Waals surface area contributed by atoms with Crippen LogP contribution in [0, 0.1) is 0 Å². The van der Waals surface area contributed by atoms with Crippen molar-refractivity contribution in [3.8, 4) is 0 Å². The summed E-state index contributed by atoms with van der Waals surface area (Å²) in [5.74, 6) is -0.235. The number of likely N-dealkylation sites (tertiary alicyclic amines) is 1. The van der Waals surface area contributed by atoms with Crippen LogP contribution in [0.2, 0.25) is 0 Å². The molecule has 186 valence electrons. The van der Waals surface area contributed by atoms with Crippen LogP contribution in [0.1, 0.15) is 51.7 Å². The lowest BCUT2D eigenvalue weighted by molar-refractivity contribution is 0.0561. The molecule has 4 aromatic rings. The highest BCUT2D eigenvalue weighted by Crippen LogP contribution is 2.30. The van der Waals surface area contributed by atoms with Crippen LogP contribution in [-0.2, 0) is 7.05 Å². The van der Waals surface area contributed by atoms with Crippen LogP contribution in [0.5, 0.6) is 0 Å². The maximum atomic E-state index is 13.1. The standard InChI is InChI=1S/C25H23BrF2N6O2/c1-32-21-14-17(4-7-19(21)22(26)31-32)24(36)33-11-8-16(9-12-33)15-2-5-18(6-3-15)29-23(35)20-10-13-34(30-20)25(27)28/h2-7,10,13-14,16,25H,8-9,11-12H2,1H3,(H,29,35). The fourth-order valence-electron chi connectivity index (χ4n) is 4.55. The summed E-state index contributed by atoms with van der Waals surface area (Å²) in [6.45, 7) is -1.48. The number of fused-ring (bicyclic) bond motifs is 1. The Morgan fingerprint density at radius 1 is 1.06 bits per heavy atom. The number of alkyl halides is 2. The Hall–Kier alpha value is -3.60. The second-order valence-corrected chi connectivity index (χ2v) is 9.50. The molecule has 8 nitrogen and oxygen atoms in total. The largest absolute Gasteiger partial charge is 0.339 e. The van der Waals surface area contributed by atoms with Gasteiger partial charge in [0.2, 0.25) is 0 Å². The Kier molecular flexibility index (Phi) is 6.57. The SMILES string of the molecule is Cn1nc(Br)c2ccc(C(=O)N3CCC(c4ccc(NC(=O)c5ccn(C(F)F)n5)cc4)CC3)cc21. The third kappa shape index (κ3) is 4.75. The molecule has 36 heavy (non-hydrogen) atoms. The van der Waals surface area contributed by atoms with Crippen LogP contribution in [0.15, 0.2) is 59.3 Å². The minimum Gasteiger partial charge on any atom is -0.339 e. The number of aromatic nitrogens is 4. The van der Waals surface area contributed by atoms with Gasteiger partial charge < -0.3 is 10.2 Å². The number of benzene rings is 2. The zero-order valence-corrected chi connectivity index (χ0v) is 21.0. The number of aryl methyl sites for hydroxylation is 1. The van der Waals surface area contributed by atoms with Crippen molar-refractivity contribution >= 4 is 44.3 Å². The summed E-state index contributed by atoms with van der Waals surface area (Å²) in [4.78, 5) is 27.3. The van der Waals surface area contributed by atoms with Crippen LogP contribution < -0.4 is 5.32 Å². The predicted octanol–water partition coefficient (Wildman–Crippen LogP) is 5.20. The highest BCUT2D eigenvalue weighted by atomic mass is 79.9. The molecule has 2 aromatic carbocycles. The van der Waals surface area contributed by atoms with Crippen LogP contribution in [0.4, 0.5) is 14.5 Å². The van der Waals surface area contributed by atoms with Crippen molar-refractivity contribution in [3.63, 3.8) is 0 Å². The quantitative estimate of drug-likeness (QED) is 0.366. The molecule has 1 N–H and O–H groups in total. The predicted molar refractivity (Wildman–Crippen MR) is 134 cm³/mol. The van der Waals surface area contributed by atoms with Gasteiger partial charge in [0, 0.05) is 43.0 Å². The third-order valence-electron chi connectivity index (χ3n) is 6.52. The number of hydrogen-bond donors (Lipinski definition) is 1. The number of anilines is 1. The van der Waals surface area contributed by atoms with Crippen LogP contribution in [-0.4, -0.2) is 49.4 Å². The van der Waals surface area contributed by atoms with Gasteiger partial charge in [-0.05, 0) is 76.7 Å². The summed E-state index contributed by atoms with van der Waals surface area (Å²) in [5.41, 5.74) is 3.15. The Morgan fingerprint density at radius 3 is 2.44 bits per heavy atom. The molecule has 0 unspecified atom stereocenters. The number of nitrogens with zero attached hydrogens (tertiary/aromatic N) is 5. The number of halogens is 3. The van der Waals surface area contributed by atoms with Gasteiger partial charge in [-0.15, -0.1) is 0 Å². The number of piperidine rings is 1. The highest BCUT2D eigenvalue weighted by Gasteiger charge is 2.25. The normalized spacial score (nSPS) is 14.5. The summed E-state index contributed by atoms with van der Waals surface area (Å²) >= 11 is 3.44. The van der Waals surface area contributed by atoms with E-state index in [2.05, 4.69) is 31.4 Å². The van der Waals surface area contributed by atoms with Gasteiger partial charge in [0.25, 0.3) is 11.8 Å². The van der Waals surface area contributed by atoms with Crippen LogP contribution in [0.3, 0.4) is 0 Å². The monoisotopic (exact) mass is 556 g/mol. The van der Waals surface area contributed by atoms with Crippen molar-refractivity contribution in [2.45, 2.75) is 25.3 Å². The molecule has 0 bridgehead atoms. The fourth-order valence-corrected chi connectivity index (χ4v) is 5.12. The smallest absolute Gasteiger partial charge is 0.333 e. The lowest BCUT2D eigenvalue weighted by Crippen LogP contribution is -2.37. The number of amides is 2. The number of rotatable bonds is 5. The Morgan fingerprint density at radius 2 is 1.78 bits per heavy atom. The minimum atomic E-state index is -2.79. The number of nitrogens with one attached hydrogen (secondary N) is 1. The van der Waals surface area contributed by atoms with E-state index < -0.39 is 12.5 Å². The second kappa shape index (κ2) is 9.81. The summed E-state index contributed by atoms with van der Waals surface area (Å²) in [7, 11) is 1.85. The van der Waals surface area contributed by atoms with Crippen LogP contribution >= 0.6 is 15.9 Å². The van der Waals surface area contributed by atoms with Crippen LogP contribution in [0.25, 0.3) is 10.9 Å². The zero-order chi connectivity index (χ0) is 25.4. The van der Waals surface area contributed by atoms with E-state index in [0.29, 0.717) is 34.9 Å². The topological polar surface area (TPSA) is 85.0 Å². The summed E-state index contributed by atoms with van der Waals surface area (Å²) in [6, 6.07) is 14.4. The fraction of sp³-hybridized carbons (Fsp3) is 0.280. The van der Waals surface area contributed by atoms with Crippen molar-refractivity contribution in [3.05, 3.63) is 76.2 Å². The van der Waals surface area contributed by atoms with Gasteiger partial charge in [0.1, 0.15) is 4.60 Å². The minimum absolute atomic E-state index is 0.0139. The molecular weight excluding hydrogens is 534 g/mol. The van der Waals surface area contributed by atoms with E-state index in [0.717, 1.165) is 40.1 Å². The molecule has 5 rings (SSSR count). The first kappa shape index (κ1) is 24.1. The maximum Gasteiger partial charge on any atom is 0.333 e. The molecule has 11 heteroatoms. The lowest BCUT2D eigenvalue weighted by atomic mass is 9.89. The molecule has 0 saturated carbocycles. The zero-order valence-electron chi connectivity index (χ0n) is 19.4.